The van der Waals surface area contributed by atoms with E-state index in [4.69, 9.17) is 16.3 Å². The average Bonchev–Trinajstić information content (AvgIpc) is 2.13. The van der Waals surface area contributed by atoms with Crippen LogP contribution in [0.3, 0.4) is 0 Å². The molecule has 0 saturated carbocycles. The zero-order valence-corrected chi connectivity index (χ0v) is 11.4. The molecule has 0 fully saturated rings. The number of ether oxygens (including phenoxy) is 1. The zero-order chi connectivity index (χ0) is 13.1. The highest BCUT2D eigenvalue weighted by atomic mass is 35.5. The maximum Gasteiger partial charge on any atom is 0.407 e. The first-order chi connectivity index (χ1) is 7.78. The third-order valence-corrected chi connectivity index (χ3v) is 2.38. The van der Waals surface area contributed by atoms with Gasteiger partial charge in [-0.2, -0.15) is 0 Å². The first-order valence-electron chi connectivity index (χ1n) is 5.50. The Kier molecular flexibility index (Phi) is 4.40. The van der Waals surface area contributed by atoms with Gasteiger partial charge >= 0.3 is 6.09 Å². The molecule has 94 valence electrons. The fourth-order valence-electron chi connectivity index (χ4n) is 1.28. The Balaban J connectivity index is 2.53. The molecular formula is C13H18ClNO2. The number of benzene rings is 1. The molecule has 1 aromatic carbocycles. The van der Waals surface area contributed by atoms with Gasteiger partial charge in [0.2, 0.25) is 0 Å². The van der Waals surface area contributed by atoms with Crippen molar-refractivity contribution in [1.29, 1.82) is 0 Å². The lowest BCUT2D eigenvalue weighted by atomic mass is 10.1. The minimum absolute atomic E-state index is 0.369. The van der Waals surface area contributed by atoms with Crippen molar-refractivity contribution in [3.05, 3.63) is 34.3 Å². The van der Waals surface area contributed by atoms with Crippen LogP contribution >= 0.6 is 11.6 Å². The minimum Gasteiger partial charge on any atom is -0.444 e. The summed E-state index contributed by atoms with van der Waals surface area (Å²) < 4.78 is 5.13. The van der Waals surface area contributed by atoms with Gasteiger partial charge in [-0.1, -0.05) is 23.7 Å². The lowest BCUT2D eigenvalue weighted by Gasteiger charge is -2.19. The van der Waals surface area contributed by atoms with Gasteiger partial charge in [-0.15, -0.1) is 0 Å². The molecule has 0 aliphatic rings. The molecule has 0 radical (unpaired) electrons. The van der Waals surface area contributed by atoms with Crippen LogP contribution in [0.25, 0.3) is 0 Å². The highest BCUT2D eigenvalue weighted by molar-refractivity contribution is 6.31. The van der Waals surface area contributed by atoms with Crippen molar-refractivity contribution in [2.45, 2.75) is 39.8 Å². The second-order valence-electron chi connectivity index (χ2n) is 4.95. The Morgan fingerprint density at radius 3 is 2.59 bits per heavy atom. The number of carbonyl (C=O) groups excluding carboxylic acids is 1. The van der Waals surface area contributed by atoms with Crippen LogP contribution in [-0.4, -0.2) is 11.7 Å². The normalized spacial score (nSPS) is 11.1. The number of carbonyl (C=O) groups is 1. The lowest BCUT2D eigenvalue weighted by molar-refractivity contribution is 0.0523. The van der Waals surface area contributed by atoms with Gasteiger partial charge in [-0.3, -0.25) is 0 Å². The van der Waals surface area contributed by atoms with E-state index in [1.165, 1.54) is 0 Å². The molecule has 0 aliphatic heterocycles. The van der Waals surface area contributed by atoms with E-state index in [1.807, 2.05) is 45.9 Å². The predicted octanol–water partition coefficient (Wildman–Crippen LogP) is 3.67. The molecule has 4 heteroatoms. The third kappa shape index (κ3) is 5.09. The van der Waals surface area contributed by atoms with Crippen molar-refractivity contribution >= 4 is 17.7 Å². The van der Waals surface area contributed by atoms with Gasteiger partial charge in [-0.25, -0.2) is 4.79 Å². The maximum absolute atomic E-state index is 11.4. The van der Waals surface area contributed by atoms with Crippen LogP contribution in [0.15, 0.2) is 18.2 Å². The van der Waals surface area contributed by atoms with E-state index < -0.39 is 11.7 Å². The summed E-state index contributed by atoms with van der Waals surface area (Å²) in [5.74, 6) is 0. The van der Waals surface area contributed by atoms with Crippen LogP contribution in [0.5, 0.6) is 0 Å². The number of halogens is 1. The molecule has 3 nitrogen and oxygen atoms in total. The van der Waals surface area contributed by atoms with Crippen LogP contribution in [0.2, 0.25) is 5.02 Å². The number of rotatable bonds is 2. The average molecular weight is 256 g/mol. The topological polar surface area (TPSA) is 38.3 Å². The molecule has 1 amide bonds. The highest BCUT2D eigenvalue weighted by Crippen LogP contribution is 2.17. The van der Waals surface area contributed by atoms with E-state index >= 15 is 0 Å². The number of aryl methyl sites for hydroxylation is 1. The van der Waals surface area contributed by atoms with E-state index in [0.717, 1.165) is 11.1 Å². The molecule has 1 aromatic rings. The zero-order valence-electron chi connectivity index (χ0n) is 10.6. The number of hydrogen-bond donors (Lipinski definition) is 1. The van der Waals surface area contributed by atoms with Crippen molar-refractivity contribution in [3.63, 3.8) is 0 Å². The molecular weight excluding hydrogens is 238 g/mol. The van der Waals surface area contributed by atoms with Gasteiger partial charge in [0.25, 0.3) is 0 Å². The van der Waals surface area contributed by atoms with E-state index in [9.17, 15) is 4.79 Å². The Morgan fingerprint density at radius 1 is 1.41 bits per heavy atom. The van der Waals surface area contributed by atoms with E-state index in [-0.39, 0.29) is 0 Å². The third-order valence-electron chi connectivity index (χ3n) is 2.03. The molecule has 17 heavy (non-hydrogen) atoms. The van der Waals surface area contributed by atoms with Crippen molar-refractivity contribution in [3.8, 4) is 0 Å². The van der Waals surface area contributed by atoms with Gasteiger partial charge in [-0.05, 0) is 44.9 Å². The number of alkyl carbamates (subject to hydrolysis) is 1. The number of hydrogen-bond acceptors (Lipinski definition) is 2. The number of nitrogens with one attached hydrogen (secondary N) is 1. The molecule has 0 aliphatic carbocycles. The molecule has 1 rings (SSSR count). The second kappa shape index (κ2) is 5.41. The summed E-state index contributed by atoms with van der Waals surface area (Å²) in [7, 11) is 0. The molecule has 1 N–H and O–H groups in total. The summed E-state index contributed by atoms with van der Waals surface area (Å²) in [6.07, 6.45) is -0.436. The molecule has 0 saturated heterocycles. The van der Waals surface area contributed by atoms with Gasteiger partial charge in [0.05, 0.1) is 0 Å². The summed E-state index contributed by atoms with van der Waals surface area (Å²) >= 11 is 6.05. The molecule has 0 bridgehead atoms. The Hall–Kier alpha value is -1.22. The Labute approximate surface area is 107 Å². The minimum atomic E-state index is -0.485. The van der Waals surface area contributed by atoms with Gasteiger partial charge in [0, 0.05) is 11.6 Å². The van der Waals surface area contributed by atoms with Crippen LogP contribution in [0.1, 0.15) is 31.9 Å². The standard InChI is InChI=1S/C13H18ClNO2/c1-9-5-6-10(11(14)7-9)8-15-12(16)17-13(2,3)4/h5-7H,8H2,1-4H3,(H,15,16). The van der Waals surface area contributed by atoms with Crippen molar-refractivity contribution in [2.75, 3.05) is 0 Å². The largest absolute Gasteiger partial charge is 0.444 e. The molecule has 0 aromatic heterocycles. The van der Waals surface area contributed by atoms with Crippen LogP contribution in [-0.2, 0) is 11.3 Å². The van der Waals surface area contributed by atoms with Gasteiger partial charge in [0.15, 0.2) is 0 Å². The Morgan fingerprint density at radius 2 is 2.06 bits per heavy atom. The van der Waals surface area contributed by atoms with Crippen LogP contribution in [0, 0.1) is 6.92 Å². The van der Waals surface area contributed by atoms with Crippen molar-refractivity contribution in [1.82, 2.24) is 5.32 Å². The first kappa shape index (κ1) is 13.8. The van der Waals surface area contributed by atoms with E-state index in [0.29, 0.717) is 11.6 Å². The Bertz CT molecular complexity index is 410. The summed E-state index contributed by atoms with van der Waals surface area (Å²) in [6, 6.07) is 5.72. The predicted molar refractivity (Wildman–Crippen MR) is 69.3 cm³/mol. The van der Waals surface area contributed by atoms with Crippen molar-refractivity contribution < 1.29 is 9.53 Å². The smallest absolute Gasteiger partial charge is 0.407 e. The summed E-state index contributed by atoms with van der Waals surface area (Å²) in [4.78, 5) is 11.4. The number of amides is 1. The quantitative estimate of drug-likeness (QED) is 0.876. The molecule has 0 heterocycles. The highest BCUT2D eigenvalue weighted by Gasteiger charge is 2.15. The summed E-state index contributed by atoms with van der Waals surface area (Å²) in [5.41, 5.74) is 1.49. The van der Waals surface area contributed by atoms with Crippen LogP contribution in [0.4, 0.5) is 4.79 Å². The fraction of sp³-hybridized carbons (Fsp3) is 0.462. The lowest BCUT2D eigenvalue weighted by Crippen LogP contribution is -2.32. The van der Waals surface area contributed by atoms with Crippen molar-refractivity contribution in [2.24, 2.45) is 0 Å². The summed E-state index contributed by atoms with van der Waals surface area (Å²) in [5, 5.41) is 3.32. The van der Waals surface area contributed by atoms with E-state index in [1.54, 1.807) is 0 Å². The molecule has 0 atom stereocenters. The van der Waals surface area contributed by atoms with E-state index in [2.05, 4.69) is 5.32 Å². The van der Waals surface area contributed by atoms with Crippen LogP contribution < -0.4 is 5.32 Å². The van der Waals surface area contributed by atoms with Gasteiger partial charge < -0.3 is 10.1 Å². The first-order valence-corrected chi connectivity index (χ1v) is 5.87. The molecule has 0 unspecified atom stereocenters. The molecule has 0 spiro atoms. The maximum atomic E-state index is 11.4. The SMILES string of the molecule is Cc1ccc(CNC(=O)OC(C)(C)C)c(Cl)c1. The van der Waals surface area contributed by atoms with Gasteiger partial charge in [0.1, 0.15) is 5.60 Å². The monoisotopic (exact) mass is 255 g/mol. The fourth-order valence-corrected chi connectivity index (χ4v) is 1.58. The second-order valence-corrected chi connectivity index (χ2v) is 5.36. The summed E-state index contributed by atoms with van der Waals surface area (Å²) in [6.45, 7) is 7.81.